The van der Waals surface area contributed by atoms with Crippen LogP contribution in [0.15, 0.2) is 4.99 Å². The van der Waals surface area contributed by atoms with Crippen molar-refractivity contribution in [1.29, 1.82) is 0 Å². The van der Waals surface area contributed by atoms with E-state index in [1.54, 1.807) is 0 Å². The number of hydrogen-bond donors (Lipinski definition) is 2. The smallest absolute Gasteiger partial charge is 0.191 e. The van der Waals surface area contributed by atoms with E-state index < -0.39 is 0 Å². The van der Waals surface area contributed by atoms with Gasteiger partial charge in [0.05, 0.1) is 6.61 Å². The number of nitrogens with one attached hydrogen (secondary N) is 2. The molecule has 3 rings (SSSR count). The number of hydrogen-bond acceptors (Lipinski definition) is 6. The zero-order valence-corrected chi connectivity index (χ0v) is 19.0. The van der Waals surface area contributed by atoms with Crippen molar-refractivity contribution in [1.82, 2.24) is 30.3 Å². The van der Waals surface area contributed by atoms with Crippen molar-refractivity contribution >= 4 is 17.7 Å². The second kappa shape index (κ2) is 11.8. The Balaban J connectivity index is 1.49. The minimum absolute atomic E-state index is 0.471. The van der Waals surface area contributed by atoms with E-state index in [-0.39, 0.29) is 0 Å². The normalized spacial score (nSPS) is 21.6. The lowest BCUT2D eigenvalue weighted by molar-refractivity contribution is 0.150. The number of guanidine groups is 1. The van der Waals surface area contributed by atoms with Crippen LogP contribution < -0.4 is 10.6 Å². The number of likely N-dealkylation sites (tertiary alicyclic amines) is 1. The summed E-state index contributed by atoms with van der Waals surface area (Å²) < 4.78 is 7.52. The fraction of sp³-hybridized carbons (Fsp3) is 0.850. The van der Waals surface area contributed by atoms with Crippen LogP contribution in [0.25, 0.3) is 0 Å². The van der Waals surface area contributed by atoms with Crippen LogP contribution in [0.2, 0.25) is 0 Å². The second-order valence-corrected chi connectivity index (χ2v) is 9.09. The summed E-state index contributed by atoms with van der Waals surface area (Å²) in [7, 11) is 1.99. The van der Waals surface area contributed by atoms with Gasteiger partial charge in [-0.15, -0.1) is 10.2 Å². The van der Waals surface area contributed by atoms with Gasteiger partial charge in [0.15, 0.2) is 11.8 Å². The van der Waals surface area contributed by atoms with Crippen molar-refractivity contribution in [3.63, 3.8) is 0 Å². The third-order valence-electron chi connectivity index (χ3n) is 5.85. The molecule has 9 heteroatoms. The van der Waals surface area contributed by atoms with Gasteiger partial charge in [0.1, 0.15) is 12.4 Å². The molecule has 29 heavy (non-hydrogen) atoms. The van der Waals surface area contributed by atoms with Crippen LogP contribution in [0.4, 0.5) is 0 Å². The lowest BCUT2D eigenvalue weighted by atomic mass is 10.0. The standard InChI is InChI=1S/C20H37N7OS/c1-16-24-25-19(26(16)2)13-22-20(21-8-4-12-29-3)23-18-5-9-27(10-6-18)14-17-7-11-28-15-17/h17-18H,4-15H2,1-3H3,(H2,21,22,23). The zero-order chi connectivity index (χ0) is 20.5. The largest absolute Gasteiger partial charge is 0.381 e. The maximum absolute atomic E-state index is 5.52. The van der Waals surface area contributed by atoms with E-state index >= 15 is 0 Å². The maximum Gasteiger partial charge on any atom is 0.191 e. The van der Waals surface area contributed by atoms with Gasteiger partial charge in [-0.25, -0.2) is 4.99 Å². The highest BCUT2D eigenvalue weighted by Crippen LogP contribution is 2.17. The molecule has 2 aliphatic rings. The molecule has 2 saturated heterocycles. The third kappa shape index (κ3) is 7.15. The Morgan fingerprint density at radius 1 is 1.28 bits per heavy atom. The van der Waals surface area contributed by atoms with Crippen molar-refractivity contribution in [2.75, 3.05) is 51.4 Å². The van der Waals surface area contributed by atoms with E-state index in [9.17, 15) is 0 Å². The lowest BCUT2D eigenvalue weighted by Crippen LogP contribution is -2.49. The van der Waals surface area contributed by atoms with Crippen LogP contribution in [0.5, 0.6) is 0 Å². The summed E-state index contributed by atoms with van der Waals surface area (Å²) in [5.74, 6) is 4.59. The van der Waals surface area contributed by atoms with Crippen molar-refractivity contribution in [3.8, 4) is 0 Å². The van der Waals surface area contributed by atoms with Crippen LogP contribution in [0.3, 0.4) is 0 Å². The van der Waals surface area contributed by atoms with Crippen molar-refractivity contribution in [2.45, 2.75) is 45.2 Å². The molecule has 8 nitrogen and oxygen atoms in total. The predicted octanol–water partition coefficient (Wildman–Crippen LogP) is 1.41. The fourth-order valence-corrected chi connectivity index (χ4v) is 4.29. The minimum atomic E-state index is 0.471. The SMILES string of the molecule is CSCCCNC(=NCc1nnc(C)n1C)NC1CCN(CC2CCOC2)CC1. The van der Waals surface area contributed by atoms with Crippen LogP contribution in [0, 0.1) is 12.8 Å². The summed E-state index contributed by atoms with van der Waals surface area (Å²) in [6.45, 7) is 8.80. The first-order valence-electron chi connectivity index (χ1n) is 10.8. The van der Waals surface area contributed by atoms with E-state index in [0.29, 0.717) is 12.6 Å². The van der Waals surface area contributed by atoms with Crippen molar-refractivity contribution < 1.29 is 4.74 Å². The molecule has 2 fully saturated rings. The van der Waals surface area contributed by atoms with E-state index in [1.807, 2.05) is 30.3 Å². The molecule has 3 heterocycles. The quantitative estimate of drug-likeness (QED) is 0.353. The summed E-state index contributed by atoms with van der Waals surface area (Å²) in [5, 5.41) is 15.5. The molecule has 0 saturated carbocycles. The second-order valence-electron chi connectivity index (χ2n) is 8.11. The first-order chi connectivity index (χ1) is 14.2. The minimum Gasteiger partial charge on any atom is -0.381 e. The summed E-state index contributed by atoms with van der Waals surface area (Å²) in [5.41, 5.74) is 0. The number of nitrogens with zero attached hydrogens (tertiary/aromatic N) is 5. The molecule has 1 unspecified atom stereocenters. The first-order valence-corrected chi connectivity index (χ1v) is 12.2. The van der Waals surface area contributed by atoms with Crippen LogP contribution in [-0.4, -0.2) is 83.1 Å². The number of aryl methyl sites for hydroxylation is 1. The van der Waals surface area contributed by atoms with E-state index in [4.69, 9.17) is 9.73 Å². The Bertz CT molecular complexity index is 637. The third-order valence-corrected chi connectivity index (χ3v) is 6.54. The van der Waals surface area contributed by atoms with Gasteiger partial charge < -0.3 is 24.8 Å². The number of thioether (sulfide) groups is 1. The van der Waals surface area contributed by atoms with Gasteiger partial charge in [0.2, 0.25) is 0 Å². The molecular weight excluding hydrogens is 386 g/mol. The molecule has 2 aliphatic heterocycles. The highest BCUT2D eigenvalue weighted by molar-refractivity contribution is 7.98. The number of piperidine rings is 1. The maximum atomic E-state index is 5.52. The molecule has 0 aliphatic carbocycles. The molecule has 0 aromatic carbocycles. The number of rotatable bonds is 9. The highest BCUT2D eigenvalue weighted by atomic mass is 32.2. The fourth-order valence-electron chi connectivity index (χ4n) is 3.86. The number of aromatic nitrogens is 3. The van der Waals surface area contributed by atoms with Gasteiger partial charge in [-0.05, 0) is 50.5 Å². The van der Waals surface area contributed by atoms with Gasteiger partial charge in [0.25, 0.3) is 0 Å². The monoisotopic (exact) mass is 423 g/mol. The number of aliphatic imine (C=N–C) groups is 1. The molecule has 1 atom stereocenters. The topological polar surface area (TPSA) is 79.6 Å². The lowest BCUT2D eigenvalue weighted by Gasteiger charge is -2.34. The molecule has 0 spiro atoms. The summed E-state index contributed by atoms with van der Waals surface area (Å²) in [4.78, 5) is 7.40. The molecule has 2 N–H and O–H groups in total. The van der Waals surface area contributed by atoms with Gasteiger partial charge in [0, 0.05) is 45.9 Å². The Morgan fingerprint density at radius 2 is 2.10 bits per heavy atom. The van der Waals surface area contributed by atoms with Gasteiger partial charge in [-0.2, -0.15) is 11.8 Å². The molecular formula is C20H37N7OS. The molecule has 0 radical (unpaired) electrons. The van der Waals surface area contributed by atoms with Crippen molar-refractivity contribution in [3.05, 3.63) is 11.6 Å². The van der Waals surface area contributed by atoms with E-state index in [1.165, 1.54) is 13.0 Å². The van der Waals surface area contributed by atoms with Crippen molar-refractivity contribution in [2.24, 2.45) is 18.0 Å². The Hall–Kier alpha value is -1.32. The van der Waals surface area contributed by atoms with E-state index in [0.717, 1.165) is 81.4 Å². The van der Waals surface area contributed by atoms with Crippen LogP contribution in [0.1, 0.15) is 37.3 Å². The summed E-state index contributed by atoms with van der Waals surface area (Å²) >= 11 is 1.88. The Kier molecular flexibility index (Phi) is 9.07. The summed E-state index contributed by atoms with van der Waals surface area (Å²) in [6, 6.07) is 0.471. The Morgan fingerprint density at radius 3 is 2.76 bits per heavy atom. The first kappa shape index (κ1) is 22.4. The zero-order valence-electron chi connectivity index (χ0n) is 18.2. The van der Waals surface area contributed by atoms with Crippen LogP contribution in [-0.2, 0) is 18.3 Å². The summed E-state index contributed by atoms with van der Waals surface area (Å²) in [6.07, 6.45) is 6.81. The van der Waals surface area contributed by atoms with E-state index in [2.05, 4.69) is 32.0 Å². The number of ether oxygens (including phenoxy) is 1. The van der Waals surface area contributed by atoms with Gasteiger partial charge in [-0.3, -0.25) is 0 Å². The van der Waals surface area contributed by atoms with Gasteiger partial charge >= 0.3 is 0 Å². The molecule has 164 valence electrons. The average Bonchev–Trinajstić information content (AvgIpc) is 3.35. The molecule has 1 aromatic rings. The molecule has 1 aromatic heterocycles. The molecule has 0 amide bonds. The van der Waals surface area contributed by atoms with Crippen LogP contribution >= 0.6 is 11.8 Å². The highest BCUT2D eigenvalue weighted by Gasteiger charge is 2.24. The predicted molar refractivity (Wildman–Crippen MR) is 119 cm³/mol. The van der Waals surface area contributed by atoms with Gasteiger partial charge in [-0.1, -0.05) is 0 Å². The molecule has 0 bridgehead atoms. The Labute approximate surface area is 179 Å². The average molecular weight is 424 g/mol.